The molecule has 0 radical (unpaired) electrons. The molecular weight excluding hydrogens is 308 g/mol. The second-order valence-electron chi connectivity index (χ2n) is 5.31. The number of nitrogens with one attached hydrogen (secondary N) is 1. The molecule has 1 N–H and O–H groups in total. The van der Waals surface area contributed by atoms with E-state index in [1.165, 1.54) is 4.68 Å². The molecule has 1 heterocycles. The summed E-state index contributed by atoms with van der Waals surface area (Å²) < 4.78 is 2.04. The zero-order valence-electron chi connectivity index (χ0n) is 12.1. The summed E-state index contributed by atoms with van der Waals surface area (Å²) in [7, 11) is 3.95. The number of hydrogen-bond acceptors (Lipinski definition) is 4. The van der Waals surface area contributed by atoms with Gasteiger partial charge in [0.25, 0.3) is 5.56 Å². The average molecular weight is 331 g/mol. The van der Waals surface area contributed by atoms with Gasteiger partial charge in [-0.25, -0.2) is 4.68 Å². The summed E-state index contributed by atoms with van der Waals surface area (Å²) in [5.74, 6) is 0.639. The van der Waals surface area contributed by atoms with E-state index in [4.69, 9.17) is 0 Å². The van der Waals surface area contributed by atoms with Crippen molar-refractivity contribution in [2.75, 3.05) is 32.5 Å². The number of halogens is 1. The summed E-state index contributed by atoms with van der Waals surface area (Å²) in [6, 6.07) is 0. The second kappa shape index (κ2) is 7.65. The topological polar surface area (TPSA) is 50.2 Å². The van der Waals surface area contributed by atoms with Gasteiger partial charge in [-0.2, -0.15) is 5.10 Å². The Kier molecular flexibility index (Phi) is 6.51. The molecule has 0 spiro atoms. The zero-order chi connectivity index (χ0) is 14.4. The molecule has 1 aromatic heterocycles. The lowest BCUT2D eigenvalue weighted by atomic mass is 10.1. The highest BCUT2D eigenvalue weighted by molar-refractivity contribution is 9.10. The second-order valence-corrected chi connectivity index (χ2v) is 6.11. The monoisotopic (exact) mass is 330 g/mol. The lowest BCUT2D eigenvalue weighted by Gasteiger charge is -2.13. The highest BCUT2D eigenvalue weighted by atomic mass is 79.9. The van der Waals surface area contributed by atoms with E-state index in [1.807, 2.05) is 19.0 Å². The molecule has 0 unspecified atom stereocenters. The van der Waals surface area contributed by atoms with Crippen LogP contribution in [0.2, 0.25) is 0 Å². The van der Waals surface area contributed by atoms with E-state index in [0.717, 1.165) is 25.2 Å². The maximum absolute atomic E-state index is 12.1. The van der Waals surface area contributed by atoms with Crippen LogP contribution in [0.4, 0.5) is 5.69 Å². The van der Waals surface area contributed by atoms with Gasteiger partial charge in [-0.3, -0.25) is 4.79 Å². The van der Waals surface area contributed by atoms with Crippen molar-refractivity contribution in [2.45, 2.75) is 26.8 Å². The van der Waals surface area contributed by atoms with Crippen molar-refractivity contribution in [3.05, 3.63) is 21.0 Å². The van der Waals surface area contributed by atoms with Crippen molar-refractivity contribution in [1.82, 2.24) is 14.7 Å². The summed E-state index contributed by atoms with van der Waals surface area (Å²) in [6.07, 6.45) is 2.78. The number of nitrogens with zero attached hydrogens (tertiary/aromatic N) is 3. The van der Waals surface area contributed by atoms with Crippen molar-refractivity contribution in [2.24, 2.45) is 5.92 Å². The normalized spacial score (nSPS) is 11.3. The van der Waals surface area contributed by atoms with Gasteiger partial charge in [0.1, 0.15) is 4.47 Å². The maximum Gasteiger partial charge on any atom is 0.283 e. The Morgan fingerprint density at radius 1 is 1.47 bits per heavy atom. The molecule has 0 aromatic carbocycles. The number of hydrogen-bond donors (Lipinski definition) is 1. The molecule has 0 amide bonds. The fraction of sp³-hybridized carbons (Fsp3) is 0.692. The van der Waals surface area contributed by atoms with Gasteiger partial charge in [0.2, 0.25) is 0 Å². The van der Waals surface area contributed by atoms with Crippen molar-refractivity contribution in [1.29, 1.82) is 0 Å². The molecule has 108 valence electrons. The Labute approximate surface area is 123 Å². The Morgan fingerprint density at radius 3 is 2.74 bits per heavy atom. The lowest BCUT2D eigenvalue weighted by Crippen LogP contribution is -2.29. The molecule has 0 aliphatic carbocycles. The van der Waals surface area contributed by atoms with Crippen LogP contribution in [0.3, 0.4) is 0 Å². The van der Waals surface area contributed by atoms with E-state index in [2.05, 4.69) is 40.2 Å². The van der Waals surface area contributed by atoms with Gasteiger partial charge in [0, 0.05) is 13.1 Å². The number of likely N-dealkylation sites (N-methyl/N-ethyl adjacent to an activating group) is 1. The summed E-state index contributed by atoms with van der Waals surface area (Å²) in [5, 5.41) is 7.44. The number of aromatic nitrogens is 2. The maximum atomic E-state index is 12.1. The molecule has 6 heteroatoms. The average Bonchev–Trinajstić information content (AvgIpc) is 2.33. The van der Waals surface area contributed by atoms with Crippen LogP contribution in [0.1, 0.15) is 20.3 Å². The molecule has 0 aliphatic rings. The van der Waals surface area contributed by atoms with Crippen LogP contribution >= 0.6 is 15.9 Å². The third kappa shape index (κ3) is 5.32. The zero-order valence-corrected chi connectivity index (χ0v) is 13.7. The molecular formula is C13H23BrN4O. The van der Waals surface area contributed by atoms with Crippen LogP contribution in [-0.2, 0) is 6.54 Å². The quantitative estimate of drug-likeness (QED) is 0.831. The van der Waals surface area contributed by atoms with Gasteiger partial charge in [0.05, 0.1) is 18.4 Å². The molecule has 0 atom stereocenters. The highest BCUT2D eigenvalue weighted by Crippen LogP contribution is 2.16. The first kappa shape index (κ1) is 16.2. The minimum atomic E-state index is -0.0867. The molecule has 1 rings (SSSR count). The van der Waals surface area contributed by atoms with Crippen LogP contribution in [0.5, 0.6) is 0 Å². The highest BCUT2D eigenvalue weighted by Gasteiger charge is 2.08. The van der Waals surface area contributed by atoms with Crippen LogP contribution in [0.25, 0.3) is 0 Å². The molecule has 0 saturated carbocycles. The van der Waals surface area contributed by atoms with Gasteiger partial charge in [-0.15, -0.1) is 0 Å². The Bertz CT molecular complexity index is 456. The van der Waals surface area contributed by atoms with Gasteiger partial charge in [0.15, 0.2) is 0 Å². The van der Waals surface area contributed by atoms with E-state index in [1.54, 1.807) is 6.20 Å². The minimum absolute atomic E-state index is 0.0867. The summed E-state index contributed by atoms with van der Waals surface area (Å²) in [5.41, 5.74) is 0.683. The Hall–Kier alpha value is -0.880. The number of anilines is 1. The third-order valence-corrected chi connectivity index (χ3v) is 3.55. The minimum Gasteiger partial charge on any atom is -0.383 e. The predicted molar refractivity (Wildman–Crippen MR) is 82.7 cm³/mol. The number of rotatable bonds is 7. The van der Waals surface area contributed by atoms with Crippen LogP contribution in [0, 0.1) is 5.92 Å². The van der Waals surface area contributed by atoms with Crippen LogP contribution in [0.15, 0.2) is 15.5 Å². The van der Waals surface area contributed by atoms with Crippen molar-refractivity contribution < 1.29 is 0 Å². The predicted octanol–water partition coefficient (Wildman–Crippen LogP) is 2.03. The smallest absolute Gasteiger partial charge is 0.283 e. The van der Waals surface area contributed by atoms with Gasteiger partial charge in [-0.05, 0) is 42.4 Å². The molecule has 0 bridgehead atoms. The van der Waals surface area contributed by atoms with E-state index in [-0.39, 0.29) is 5.56 Å². The molecule has 5 nitrogen and oxygen atoms in total. The van der Waals surface area contributed by atoms with Gasteiger partial charge >= 0.3 is 0 Å². The third-order valence-electron chi connectivity index (χ3n) is 2.78. The molecule has 19 heavy (non-hydrogen) atoms. The Balaban J connectivity index is 2.71. The van der Waals surface area contributed by atoms with E-state index in [9.17, 15) is 4.79 Å². The first-order valence-corrected chi connectivity index (χ1v) is 7.35. The van der Waals surface area contributed by atoms with Crippen LogP contribution in [-0.4, -0.2) is 41.9 Å². The first-order valence-electron chi connectivity index (χ1n) is 6.56. The summed E-state index contributed by atoms with van der Waals surface area (Å²) >= 11 is 3.36. The van der Waals surface area contributed by atoms with E-state index >= 15 is 0 Å². The largest absolute Gasteiger partial charge is 0.383 e. The fourth-order valence-electron chi connectivity index (χ4n) is 1.54. The Morgan fingerprint density at radius 2 is 2.16 bits per heavy atom. The van der Waals surface area contributed by atoms with Crippen molar-refractivity contribution in [3.63, 3.8) is 0 Å². The van der Waals surface area contributed by atoms with Crippen molar-refractivity contribution in [3.8, 4) is 0 Å². The summed E-state index contributed by atoms with van der Waals surface area (Å²) in [6.45, 7) is 6.58. The first-order chi connectivity index (χ1) is 8.91. The van der Waals surface area contributed by atoms with E-state index in [0.29, 0.717) is 16.9 Å². The summed E-state index contributed by atoms with van der Waals surface area (Å²) in [4.78, 5) is 14.1. The SMILES string of the molecule is CC(C)CCNc1cnn(CCN(C)C)c(=O)c1Br. The molecule has 0 fully saturated rings. The molecule has 0 aliphatic heterocycles. The molecule has 1 aromatic rings. The van der Waals surface area contributed by atoms with Crippen LogP contribution < -0.4 is 10.9 Å². The van der Waals surface area contributed by atoms with Gasteiger partial charge < -0.3 is 10.2 Å². The lowest BCUT2D eigenvalue weighted by molar-refractivity contribution is 0.367. The molecule has 0 saturated heterocycles. The van der Waals surface area contributed by atoms with E-state index < -0.39 is 0 Å². The fourth-order valence-corrected chi connectivity index (χ4v) is 1.99. The standard InChI is InChI=1S/C13H23BrN4O/c1-10(2)5-6-15-11-9-16-18(8-7-17(3)4)13(19)12(11)14/h9-10,15H,5-8H2,1-4H3. The van der Waals surface area contributed by atoms with Crippen molar-refractivity contribution >= 4 is 21.6 Å². The van der Waals surface area contributed by atoms with Gasteiger partial charge in [-0.1, -0.05) is 13.8 Å².